The fourth-order valence-electron chi connectivity index (χ4n) is 5.53. The van der Waals surface area contributed by atoms with Crippen LogP contribution in [-0.4, -0.2) is 44.0 Å². The molecule has 5 aromatic rings. The van der Waals surface area contributed by atoms with Crippen LogP contribution >= 0.6 is 11.3 Å². The van der Waals surface area contributed by atoms with Gasteiger partial charge in [-0.15, -0.1) is 21.5 Å². The van der Waals surface area contributed by atoms with Crippen LogP contribution in [0.5, 0.6) is 0 Å². The molecule has 0 aliphatic rings. The maximum absolute atomic E-state index is 5.01. The van der Waals surface area contributed by atoms with E-state index in [0.29, 0.717) is 29.6 Å². The number of thiazole rings is 1. The number of hydrogen-bond donors (Lipinski definition) is 0. The lowest BCUT2D eigenvalue weighted by molar-refractivity contribution is 0.387. The van der Waals surface area contributed by atoms with E-state index in [0.717, 1.165) is 34.6 Å². The van der Waals surface area contributed by atoms with E-state index in [4.69, 9.17) is 4.52 Å². The van der Waals surface area contributed by atoms with Gasteiger partial charge in [-0.1, -0.05) is 74.4 Å². The summed E-state index contributed by atoms with van der Waals surface area (Å²) >= 11 is 1.79. The van der Waals surface area contributed by atoms with Gasteiger partial charge in [-0.3, -0.25) is 0 Å². The Morgan fingerprint density at radius 2 is 1.02 bits per heavy atom. The van der Waals surface area contributed by atoms with Crippen molar-refractivity contribution in [2.75, 3.05) is 0 Å². The maximum Gasteiger partial charge on any atom is 0.136 e. The highest BCUT2D eigenvalue weighted by Gasteiger charge is 2.12. The molecule has 5 rings (SSSR count). The second-order valence-corrected chi connectivity index (χ2v) is 16.7. The molecule has 0 aromatic carbocycles. The molecule has 0 bridgehead atoms. The molecule has 0 amide bonds. The highest BCUT2D eigenvalue weighted by molar-refractivity contribution is 7.11. The summed E-state index contributed by atoms with van der Waals surface area (Å²) in [4.78, 5) is 14.7. The second kappa shape index (κ2) is 20.6. The highest BCUT2D eigenvalue weighted by atomic mass is 32.1. The van der Waals surface area contributed by atoms with Gasteiger partial charge in [0.05, 0.1) is 27.8 Å². The Hall–Kier alpha value is -3.60. The molecule has 292 valence electrons. The summed E-state index contributed by atoms with van der Waals surface area (Å²) in [7, 11) is 6.12. The molecule has 0 aliphatic carbocycles. The van der Waals surface area contributed by atoms with E-state index in [1.165, 1.54) is 44.0 Å². The molecule has 0 N–H and O–H groups in total. The summed E-state index contributed by atoms with van der Waals surface area (Å²) in [5, 5.41) is 13.1. The van der Waals surface area contributed by atoms with Gasteiger partial charge in [-0.25, -0.2) is 15.0 Å². The molecule has 52 heavy (non-hydrogen) atoms. The van der Waals surface area contributed by atoms with E-state index in [-0.39, 0.29) is 0 Å². The van der Waals surface area contributed by atoms with Crippen molar-refractivity contribution in [3.63, 3.8) is 0 Å². The Bertz CT molecular complexity index is 1690. The van der Waals surface area contributed by atoms with E-state index < -0.39 is 0 Å². The van der Waals surface area contributed by atoms with Gasteiger partial charge in [0, 0.05) is 54.8 Å². The zero-order valence-corrected chi connectivity index (χ0v) is 37.5. The maximum atomic E-state index is 5.01. The third kappa shape index (κ3) is 12.8. The van der Waals surface area contributed by atoms with Crippen molar-refractivity contribution in [2.45, 2.75) is 161 Å². The summed E-state index contributed by atoms with van der Waals surface area (Å²) in [6, 6.07) is 0. The molecule has 5 aromatic heterocycles. The minimum absolute atomic E-state index is 0.464. The topological polar surface area (TPSA) is 105 Å². The summed E-state index contributed by atoms with van der Waals surface area (Å²) < 4.78 is 11.3. The van der Waals surface area contributed by atoms with Crippen molar-refractivity contribution in [1.29, 1.82) is 0 Å². The van der Waals surface area contributed by atoms with E-state index in [1.807, 2.05) is 39.3 Å². The standard InChI is InChI=1S/2C9H16N2.C8H13NO.C8H13NS.C7H13N3/c1-6(2)9-7(3)11(5)8(4)10-9;1-6(2)9-10-7(3)8(4)11(9)5;1-5(2)8-6(3)7(4)10-9-8;1-5(2)8-6(3)10-7(4)9-8;1-5(2)7-9-8-6(3)10(7)4/h2*6H,1-5H3;3*5H,1-4H3. The fraction of sp³-hybridized carbons (Fsp3) is 0.659. The molecule has 0 aliphatic heterocycles. The quantitative estimate of drug-likeness (QED) is 0.177. The van der Waals surface area contributed by atoms with Crippen LogP contribution in [-0.2, 0) is 21.1 Å². The van der Waals surface area contributed by atoms with Gasteiger partial charge in [0.15, 0.2) is 0 Å². The van der Waals surface area contributed by atoms with Gasteiger partial charge in [-0.2, -0.15) is 0 Å². The zero-order valence-electron chi connectivity index (χ0n) is 36.7. The first-order valence-corrected chi connectivity index (χ1v) is 19.5. The predicted octanol–water partition coefficient (Wildman–Crippen LogP) is 10.9. The molecule has 0 spiro atoms. The van der Waals surface area contributed by atoms with E-state index in [2.05, 4.69) is 157 Å². The third-order valence-electron chi connectivity index (χ3n) is 9.23. The Labute approximate surface area is 319 Å². The SMILES string of the molecule is Cc1nc(C(C)C)c(C)n1C.Cc1nc(C(C)C)c(C)s1.Cc1nc(C(C)C)n(C)c1C.Cc1nnc(C(C)C)n1C.Cc1onc(C(C)C)c1C. The van der Waals surface area contributed by atoms with E-state index in [9.17, 15) is 0 Å². The molecule has 0 fully saturated rings. The first kappa shape index (κ1) is 46.4. The number of imidazole rings is 2. The summed E-state index contributed by atoms with van der Waals surface area (Å²) in [6.07, 6.45) is 0. The van der Waals surface area contributed by atoms with Crippen molar-refractivity contribution >= 4 is 11.3 Å². The van der Waals surface area contributed by atoms with Gasteiger partial charge in [0.25, 0.3) is 0 Å². The molecule has 10 nitrogen and oxygen atoms in total. The van der Waals surface area contributed by atoms with Crippen molar-refractivity contribution in [3.8, 4) is 0 Å². The van der Waals surface area contributed by atoms with Gasteiger partial charge < -0.3 is 18.2 Å². The van der Waals surface area contributed by atoms with Gasteiger partial charge >= 0.3 is 0 Å². The highest BCUT2D eigenvalue weighted by Crippen LogP contribution is 2.23. The molecule has 0 unspecified atom stereocenters. The number of nitrogens with zero attached hydrogens (tertiary/aromatic N) is 9. The zero-order chi connectivity index (χ0) is 40.4. The van der Waals surface area contributed by atoms with Crippen LogP contribution in [0.15, 0.2) is 4.52 Å². The molecule has 11 heteroatoms. The second-order valence-electron chi connectivity index (χ2n) is 15.2. The Morgan fingerprint density at radius 3 is 1.21 bits per heavy atom. The van der Waals surface area contributed by atoms with Gasteiger partial charge in [0.2, 0.25) is 0 Å². The lowest BCUT2D eigenvalue weighted by atomic mass is 10.1. The molecule has 0 radical (unpaired) electrons. The lowest BCUT2D eigenvalue weighted by Crippen LogP contribution is -2.00. The fourth-order valence-corrected chi connectivity index (χ4v) is 6.50. The number of rotatable bonds is 5. The van der Waals surface area contributed by atoms with E-state index in [1.54, 1.807) is 11.3 Å². The summed E-state index contributed by atoms with van der Waals surface area (Å²) in [6.45, 7) is 40.0. The Balaban J connectivity index is 0.000000325. The van der Waals surface area contributed by atoms with Crippen molar-refractivity contribution < 1.29 is 4.52 Å². The number of aromatic nitrogens is 9. The van der Waals surface area contributed by atoms with E-state index >= 15 is 0 Å². The minimum atomic E-state index is 0.464. The molecular weight excluding hydrogens is 667 g/mol. The summed E-state index contributed by atoms with van der Waals surface area (Å²) in [5.41, 5.74) is 8.47. The van der Waals surface area contributed by atoms with Crippen LogP contribution in [0.3, 0.4) is 0 Å². The van der Waals surface area contributed by atoms with Crippen molar-refractivity contribution in [2.24, 2.45) is 21.1 Å². The van der Waals surface area contributed by atoms with Crippen LogP contribution in [0.25, 0.3) is 0 Å². The number of hydrogen-bond acceptors (Lipinski definition) is 8. The Kier molecular flexibility index (Phi) is 18.4. The third-order valence-corrected chi connectivity index (χ3v) is 10.1. The molecule has 0 saturated heterocycles. The predicted molar refractivity (Wildman–Crippen MR) is 219 cm³/mol. The first-order valence-electron chi connectivity index (χ1n) is 18.7. The molecular formula is C41H71N9OS. The van der Waals surface area contributed by atoms with Crippen LogP contribution in [0.1, 0.15) is 177 Å². The lowest BCUT2D eigenvalue weighted by Gasteiger charge is -2.04. The van der Waals surface area contributed by atoms with Gasteiger partial charge in [-0.05, 0) is 80.1 Å². The number of aryl methyl sites for hydroxylation is 6. The Morgan fingerprint density at radius 1 is 0.500 bits per heavy atom. The monoisotopic (exact) mass is 738 g/mol. The van der Waals surface area contributed by atoms with Crippen molar-refractivity contribution in [1.82, 2.24) is 44.0 Å². The van der Waals surface area contributed by atoms with Crippen LogP contribution in [0.2, 0.25) is 0 Å². The normalized spacial score (nSPS) is 11.0. The average Bonchev–Trinajstić information content (AvgIpc) is 3.82. The van der Waals surface area contributed by atoms with Crippen LogP contribution in [0, 0.1) is 62.3 Å². The first-order chi connectivity index (χ1) is 23.9. The summed E-state index contributed by atoms with van der Waals surface area (Å²) in [5.74, 6) is 7.81. The molecule has 5 heterocycles. The van der Waals surface area contributed by atoms with Gasteiger partial charge in [0.1, 0.15) is 29.1 Å². The average molecular weight is 738 g/mol. The molecule has 0 saturated carbocycles. The van der Waals surface area contributed by atoms with Crippen LogP contribution in [0.4, 0.5) is 0 Å². The largest absolute Gasteiger partial charge is 0.361 e. The molecule has 0 atom stereocenters. The van der Waals surface area contributed by atoms with Crippen LogP contribution < -0.4 is 0 Å². The van der Waals surface area contributed by atoms with Crippen molar-refractivity contribution in [3.05, 3.63) is 78.7 Å². The smallest absolute Gasteiger partial charge is 0.136 e. The minimum Gasteiger partial charge on any atom is -0.361 e.